The standard InChI is InChI=1S/C10H9N3O9/c1-4-6(11(15)16)5(10(14)22-3)8(13(19)20)9(21-2)7(4)12(17)18/h1-3H3. The van der Waals surface area contributed by atoms with E-state index < -0.39 is 54.7 Å². The van der Waals surface area contributed by atoms with E-state index >= 15 is 0 Å². The van der Waals surface area contributed by atoms with E-state index in [-0.39, 0.29) is 0 Å². The number of esters is 1. The van der Waals surface area contributed by atoms with Gasteiger partial charge in [-0.2, -0.15) is 0 Å². The minimum absolute atomic E-state index is 0.558. The van der Waals surface area contributed by atoms with Crippen LogP contribution in [0.1, 0.15) is 15.9 Å². The highest BCUT2D eigenvalue weighted by atomic mass is 16.6. The first kappa shape index (κ1) is 16.7. The number of hydrogen-bond donors (Lipinski definition) is 0. The van der Waals surface area contributed by atoms with Gasteiger partial charge in [-0.15, -0.1) is 0 Å². The van der Waals surface area contributed by atoms with E-state index in [1.807, 2.05) is 0 Å². The number of ether oxygens (including phenoxy) is 2. The van der Waals surface area contributed by atoms with Gasteiger partial charge in [0.1, 0.15) is 5.56 Å². The second kappa shape index (κ2) is 5.99. The minimum atomic E-state index is -1.38. The molecule has 1 aromatic rings. The summed E-state index contributed by atoms with van der Waals surface area (Å²) in [6.45, 7) is 0.981. The van der Waals surface area contributed by atoms with Crippen molar-refractivity contribution >= 4 is 23.0 Å². The molecule has 0 spiro atoms. The van der Waals surface area contributed by atoms with Crippen molar-refractivity contribution in [3.05, 3.63) is 41.5 Å². The van der Waals surface area contributed by atoms with Crippen LogP contribution in [0.3, 0.4) is 0 Å². The first-order chi connectivity index (χ1) is 10.2. The fourth-order valence-corrected chi connectivity index (χ4v) is 1.92. The van der Waals surface area contributed by atoms with E-state index in [0.29, 0.717) is 0 Å². The topological polar surface area (TPSA) is 165 Å². The van der Waals surface area contributed by atoms with Crippen molar-refractivity contribution in [2.24, 2.45) is 0 Å². The predicted octanol–water partition coefficient (Wildman–Crippen LogP) is 1.51. The maximum atomic E-state index is 11.7. The highest BCUT2D eigenvalue weighted by molar-refractivity contribution is 6.02. The molecule has 0 atom stereocenters. The molecule has 0 radical (unpaired) electrons. The maximum Gasteiger partial charge on any atom is 0.352 e. The van der Waals surface area contributed by atoms with Gasteiger partial charge in [0.25, 0.3) is 5.75 Å². The van der Waals surface area contributed by atoms with Crippen LogP contribution in [0.5, 0.6) is 5.75 Å². The summed E-state index contributed by atoms with van der Waals surface area (Å²) in [5.41, 5.74) is -4.81. The van der Waals surface area contributed by atoms with Crippen molar-refractivity contribution in [1.29, 1.82) is 0 Å². The number of rotatable bonds is 5. The number of benzene rings is 1. The summed E-state index contributed by atoms with van der Waals surface area (Å²) in [4.78, 5) is 41.7. The Balaban J connectivity index is 4.17. The van der Waals surface area contributed by atoms with Crippen LogP contribution < -0.4 is 4.74 Å². The van der Waals surface area contributed by atoms with Crippen LogP contribution >= 0.6 is 0 Å². The third-order valence-corrected chi connectivity index (χ3v) is 2.76. The van der Waals surface area contributed by atoms with Gasteiger partial charge in [-0.3, -0.25) is 30.3 Å². The van der Waals surface area contributed by atoms with Crippen molar-refractivity contribution in [2.75, 3.05) is 14.2 Å². The Morgan fingerprint density at radius 2 is 1.36 bits per heavy atom. The SMILES string of the molecule is COC(=O)c1c([N+](=O)[O-])c(C)c([N+](=O)[O-])c(OC)c1[N+](=O)[O-]. The van der Waals surface area contributed by atoms with Gasteiger partial charge in [0.15, 0.2) is 0 Å². The van der Waals surface area contributed by atoms with E-state index in [4.69, 9.17) is 0 Å². The zero-order valence-electron chi connectivity index (χ0n) is 11.5. The summed E-state index contributed by atoms with van der Waals surface area (Å²) in [6.07, 6.45) is 0. The third kappa shape index (κ3) is 2.48. The molecule has 0 bridgehead atoms. The Hall–Kier alpha value is -3.31. The molecular formula is C10H9N3O9. The lowest BCUT2D eigenvalue weighted by Crippen LogP contribution is -2.13. The first-order valence-electron chi connectivity index (χ1n) is 5.45. The molecule has 0 saturated heterocycles. The van der Waals surface area contributed by atoms with Crippen molar-refractivity contribution < 1.29 is 29.0 Å². The molecule has 0 fully saturated rings. The molecule has 0 amide bonds. The van der Waals surface area contributed by atoms with Crippen LogP contribution in [-0.4, -0.2) is 35.0 Å². The zero-order valence-corrected chi connectivity index (χ0v) is 11.5. The average Bonchev–Trinajstić information content (AvgIpc) is 2.43. The highest BCUT2D eigenvalue weighted by Gasteiger charge is 2.44. The number of methoxy groups -OCH3 is 2. The molecule has 12 nitrogen and oxygen atoms in total. The lowest BCUT2D eigenvalue weighted by atomic mass is 10.0. The van der Waals surface area contributed by atoms with Crippen LogP contribution in [0.15, 0.2) is 0 Å². The molecule has 1 rings (SSSR count). The first-order valence-corrected chi connectivity index (χ1v) is 5.45. The third-order valence-electron chi connectivity index (χ3n) is 2.76. The van der Waals surface area contributed by atoms with Crippen LogP contribution in [0, 0.1) is 37.3 Å². The quantitative estimate of drug-likeness (QED) is 0.444. The van der Waals surface area contributed by atoms with Crippen molar-refractivity contribution in [2.45, 2.75) is 6.92 Å². The van der Waals surface area contributed by atoms with Gasteiger partial charge in [-0.25, -0.2) is 4.79 Å². The summed E-state index contributed by atoms with van der Waals surface area (Å²) in [7, 11) is 1.76. The minimum Gasteiger partial charge on any atom is -0.485 e. The Kier molecular flexibility index (Phi) is 4.56. The molecule has 0 aliphatic carbocycles. The molecule has 0 aromatic heterocycles. The molecule has 0 aliphatic rings. The lowest BCUT2D eigenvalue weighted by molar-refractivity contribution is -0.405. The van der Waals surface area contributed by atoms with E-state index in [9.17, 15) is 35.1 Å². The molecule has 118 valence electrons. The zero-order chi connectivity index (χ0) is 17.2. The Labute approximate surface area is 121 Å². The molecule has 0 N–H and O–H groups in total. The van der Waals surface area contributed by atoms with E-state index in [2.05, 4.69) is 9.47 Å². The van der Waals surface area contributed by atoms with Gasteiger partial charge in [0.05, 0.1) is 29.0 Å². The fourth-order valence-electron chi connectivity index (χ4n) is 1.92. The average molecular weight is 315 g/mol. The summed E-state index contributed by atoms with van der Waals surface area (Å²) < 4.78 is 8.94. The molecule has 22 heavy (non-hydrogen) atoms. The van der Waals surface area contributed by atoms with Crippen LogP contribution in [-0.2, 0) is 4.74 Å². The van der Waals surface area contributed by atoms with Gasteiger partial charge in [-0.05, 0) is 6.92 Å². The number of carbonyl (C=O) groups excluding carboxylic acids is 1. The maximum absolute atomic E-state index is 11.7. The normalized spacial score (nSPS) is 9.95. The molecular weight excluding hydrogens is 306 g/mol. The smallest absolute Gasteiger partial charge is 0.352 e. The van der Waals surface area contributed by atoms with Gasteiger partial charge < -0.3 is 9.47 Å². The molecule has 0 heterocycles. The second-order valence-corrected chi connectivity index (χ2v) is 3.84. The Bertz CT molecular complexity index is 698. The Morgan fingerprint density at radius 1 is 0.909 bits per heavy atom. The lowest BCUT2D eigenvalue weighted by Gasteiger charge is -2.09. The summed E-state index contributed by atoms with van der Waals surface area (Å²) in [5.74, 6) is -2.24. The van der Waals surface area contributed by atoms with E-state index in [1.54, 1.807) is 0 Å². The molecule has 1 aromatic carbocycles. The van der Waals surface area contributed by atoms with Crippen LogP contribution in [0.25, 0.3) is 0 Å². The largest absolute Gasteiger partial charge is 0.485 e. The van der Waals surface area contributed by atoms with Crippen LogP contribution in [0.2, 0.25) is 0 Å². The van der Waals surface area contributed by atoms with Gasteiger partial charge >= 0.3 is 23.0 Å². The molecule has 12 heteroatoms. The molecule has 0 saturated carbocycles. The van der Waals surface area contributed by atoms with Gasteiger partial charge in [-0.1, -0.05) is 0 Å². The fraction of sp³-hybridized carbons (Fsp3) is 0.300. The highest BCUT2D eigenvalue weighted by Crippen LogP contribution is 2.47. The van der Waals surface area contributed by atoms with Crippen molar-refractivity contribution in [1.82, 2.24) is 0 Å². The number of nitro benzene ring substituents is 3. The molecule has 0 aliphatic heterocycles. The number of nitrogens with zero attached hydrogens (tertiary/aromatic N) is 3. The predicted molar refractivity (Wildman–Crippen MR) is 69.0 cm³/mol. The van der Waals surface area contributed by atoms with Gasteiger partial charge in [0.2, 0.25) is 5.56 Å². The summed E-state index contributed by atoms with van der Waals surface area (Å²) in [5, 5.41) is 33.3. The van der Waals surface area contributed by atoms with E-state index in [1.165, 1.54) is 0 Å². The number of hydrogen-bond acceptors (Lipinski definition) is 9. The second-order valence-electron chi connectivity index (χ2n) is 3.84. The number of nitro groups is 3. The van der Waals surface area contributed by atoms with E-state index in [0.717, 1.165) is 21.1 Å². The summed E-state index contributed by atoms with van der Waals surface area (Å²) >= 11 is 0. The van der Waals surface area contributed by atoms with Crippen molar-refractivity contribution in [3.63, 3.8) is 0 Å². The Morgan fingerprint density at radius 3 is 1.68 bits per heavy atom. The van der Waals surface area contributed by atoms with Crippen molar-refractivity contribution in [3.8, 4) is 5.75 Å². The number of carbonyl (C=O) groups is 1. The monoisotopic (exact) mass is 315 g/mol. The summed E-state index contributed by atoms with van der Waals surface area (Å²) in [6, 6.07) is 0. The molecule has 0 unspecified atom stereocenters. The van der Waals surface area contributed by atoms with Crippen LogP contribution in [0.4, 0.5) is 17.1 Å². The van der Waals surface area contributed by atoms with Gasteiger partial charge in [0, 0.05) is 0 Å².